The number of para-hydroxylation sites is 2. The summed E-state index contributed by atoms with van der Waals surface area (Å²) in [5.74, 6) is 0.639. The van der Waals surface area contributed by atoms with E-state index >= 15 is 0 Å². The van der Waals surface area contributed by atoms with E-state index in [2.05, 4.69) is 64.2 Å². The van der Waals surface area contributed by atoms with Crippen molar-refractivity contribution in [3.8, 4) is 33.0 Å². The molecule has 1 aromatic heterocycles. The Labute approximate surface area is 184 Å². The first-order valence-corrected chi connectivity index (χ1v) is 11.0. The smallest absolute Gasteiger partial charge is 0.227 e. The number of fused-ring (bicyclic) bond motifs is 2. The summed E-state index contributed by atoms with van der Waals surface area (Å²) < 4.78 is 5.86. The third-order valence-corrected chi connectivity index (χ3v) is 6.26. The van der Waals surface area contributed by atoms with Gasteiger partial charge in [-0.15, -0.1) is 11.3 Å². The van der Waals surface area contributed by atoms with Crippen molar-refractivity contribution in [3.05, 3.63) is 102 Å². The average molecular weight is 419 g/mol. The van der Waals surface area contributed by atoms with E-state index in [1.54, 1.807) is 11.3 Å². The van der Waals surface area contributed by atoms with Gasteiger partial charge in [0, 0.05) is 21.8 Å². The van der Waals surface area contributed by atoms with Crippen LogP contribution in [0.2, 0.25) is 0 Å². The van der Waals surface area contributed by atoms with Crippen LogP contribution < -0.4 is 5.32 Å². The fourth-order valence-electron chi connectivity index (χ4n) is 3.76. The van der Waals surface area contributed by atoms with Gasteiger partial charge in [-0.3, -0.25) is 0 Å². The van der Waals surface area contributed by atoms with Crippen LogP contribution in [0.5, 0.6) is 0 Å². The molecule has 0 saturated heterocycles. The van der Waals surface area contributed by atoms with Crippen LogP contribution in [0.1, 0.15) is 0 Å². The highest BCUT2D eigenvalue weighted by Gasteiger charge is 2.09. The molecule has 1 aliphatic heterocycles. The van der Waals surface area contributed by atoms with Crippen molar-refractivity contribution in [3.63, 3.8) is 0 Å². The lowest BCUT2D eigenvalue weighted by Gasteiger charge is -2.08. The number of nitrogens with one attached hydrogen (secondary N) is 1. The minimum absolute atomic E-state index is 0.639. The van der Waals surface area contributed by atoms with E-state index in [9.17, 15) is 0 Å². The molecular formula is C27H18N2OS. The molecule has 2 heterocycles. The molecule has 0 saturated carbocycles. The Morgan fingerprint density at radius 3 is 2.13 bits per heavy atom. The van der Waals surface area contributed by atoms with Crippen molar-refractivity contribution in [2.24, 2.45) is 0 Å². The van der Waals surface area contributed by atoms with Gasteiger partial charge in [0.05, 0.1) is 0 Å². The molecule has 148 valence electrons. The molecule has 1 aliphatic carbocycles. The van der Waals surface area contributed by atoms with Gasteiger partial charge in [-0.2, -0.15) is 0 Å². The predicted molar refractivity (Wildman–Crippen MR) is 129 cm³/mol. The normalized spacial score (nSPS) is 11.2. The number of hydrogen-bond acceptors (Lipinski definition) is 4. The molecule has 3 nitrogen and oxygen atoms in total. The molecule has 0 unspecified atom stereocenters. The quantitative estimate of drug-likeness (QED) is 0.314. The molecule has 0 amide bonds. The highest BCUT2D eigenvalue weighted by atomic mass is 32.1. The fraction of sp³-hybridized carbons (Fsp3) is 0. The summed E-state index contributed by atoms with van der Waals surface area (Å²) in [7, 11) is 0. The zero-order chi connectivity index (χ0) is 20.6. The summed E-state index contributed by atoms with van der Waals surface area (Å²) in [5.41, 5.74) is 8.49. The van der Waals surface area contributed by atoms with Gasteiger partial charge < -0.3 is 9.73 Å². The number of nitrogens with zero attached hydrogens (tertiary/aromatic N) is 1. The highest BCUT2D eigenvalue weighted by molar-refractivity contribution is 7.13. The van der Waals surface area contributed by atoms with Gasteiger partial charge in [-0.25, -0.2) is 4.98 Å². The molecule has 4 heteroatoms. The Morgan fingerprint density at radius 1 is 0.645 bits per heavy atom. The Balaban J connectivity index is 1.20. The van der Waals surface area contributed by atoms with Crippen LogP contribution in [0.25, 0.3) is 44.1 Å². The van der Waals surface area contributed by atoms with Crippen LogP contribution in [0.15, 0.2) is 107 Å². The molecule has 0 spiro atoms. The Hall–Kier alpha value is -3.89. The maximum Gasteiger partial charge on any atom is 0.227 e. The molecule has 0 radical (unpaired) electrons. The van der Waals surface area contributed by atoms with E-state index in [-0.39, 0.29) is 0 Å². The molecule has 0 atom stereocenters. The van der Waals surface area contributed by atoms with Crippen molar-refractivity contribution in [2.75, 3.05) is 5.32 Å². The Bertz CT molecular complexity index is 1340. The maximum atomic E-state index is 5.86. The minimum atomic E-state index is 0.639. The lowest BCUT2D eigenvalue weighted by atomic mass is 10.1. The Morgan fingerprint density at radius 2 is 1.39 bits per heavy atom. The summed E-state index contributed by atoms with van der Waals surface area (Å²) in [5, 5.41) is 5.59. The molecule has 1 N–H and O–H groups in total. The van der Waals surface area contributed by atoms with Crippen LogP contribution >= 0.6 is 11.3 Å². The van der Waals surface area contributed by atoms with E-state index in [1.165, 1.54) is 21.6 Å². The fourth-order valence-corrected chi connectivity index (χ4v) is 4.53. The first-order chi connectivity index (χ1) is 15.3. The van der Waals surface area contributed by atoms with Gasteiger partial charge in [-0.05, 0) is 82.7 Å². The first-order valence-electron chi connectivity index (χ1n) is 10.1. The largest absolute Gasteiger partial charge is 0.436 e. The second-order valence-electron chi connectivity index (χ2n) is 7.44. The van der Waals surface area contributed by atoms with E-state index in [0.29, 0.717) is 5.89 Å². The number of hydrogen-bond donors (Lipinski definition) is 1. The summed E-state index contributed by atoms with van der Waals surface area (Å²) in [6, 6.07) is 33.3. The molecule has 6 rings (SSSR count). The second-order valence-corrected chi connectivity index (χ2v) is 8.39. The van der Waals surface area contributed by atoms with Crippen LogP contribution in [0, 0.1) is 0 Å². The zero-order valence-corrected chi connectivity index (χ0v) is 17.4. The minimum Gasteiger partial charge on any atom is -0.436 e. The molecule has 2 aliphatic rings. The maximum absolute atomic E-state index is 5.86. The van der Waals surface area contributed by atoms with Crippen molar-refractivity contribution < 1.29 is 4.42 Å². The number of benzene rings is 3. The van der Waals surface area contributed by atoms with Gasteiger partial charge in [-0.1, -0.05) is 36.4 Å². The van der Waals surface area contributed by atoms with Gasteiger partial charge in [0.1, 0.15) is 5.52 Å². The van der Waals surface area contributed by atoms with Gasteiger partial charge in [0.25, 0.3) is 0 Å². The van der Waals surface area contributed by atoms with Gasteiger partial charge in [0.2, 0.25) is 5.89 Å². The third kappa shape index (κ3) is 3.47. The SMILES string of the molecule is c1csc2cc(-c3ccc(Nc4ccc(-c5nc6ccccc6o5)cc4)cc3)cc-2c1. The summed E-state index contributed by atoms with van der Waals surface area (Å²) in [6.45, 7) is 0. The number of anilines is 2. The average Bonchev–Trinajstić information content (AvgIpc) is 3.44. The van der Waals surface area contributed by atoms with Gasteiger partial charge >= 0.3 is 0 Å². The number of rotatable bonds is 4. The topological polar surface area (TPSA) is 38.1 Å². The number of aromatic nitrogens is 1. The molecule has 0 fully saturated rings. The van der Waals surface area contributed by atoms with E-state index in [0.717, 1.165) is 28.0 Å². The molecular weight excluding hydrogens is 400 g/mol. The molecule has 4 aromatic rings. The van der Waals surface area contributed by atoms with Crippen molar-refractivity contribution in [2.45, 2.75) is 0 Å². The van der Waals surface area contributed by atoms with E-state index in [4.69, 9.17) is 4.42 Å². The van der Waals surface area contributed by atoms with Crippen molar-refractivity contribution in [1.82, 2.24) is 4.98 Å². The van der Waals surface area contributed by atoms with Crippen LogP contribution in [-0.2, 0) is 0 Å². The van der Waals surface area contributed by atoms with Crippen LogP contribution in [0.3, 0.4) is 0 Å². The molecule has 3 aromatic carbocycles. The predicted octanol–water partition coefficient (Wildman–Crippen LogP) is 8.07. The summed E-state index contributed by atoms with van der Waals surface area (Å²) >= 11 is 1.77. The summed E-state index contributed by atoms with van der Waals surface area (Å²) in [6.07, 6.45) is 0. The molecule has 31 heavy (non-hydrogen) atoms. The van der Waals surface area contributed by atoms with Crippen molar-refractivity contribution >= 4 is 33.8 Å². The number of oxazole rings is 1. The van der Waals surface area contributed by atoms with Crippen LogP contribution in [-0.4, -0.2) is 4.98 Å². The highest BCUT2D eigenvalue weighted by Crippen LogP contribution is 2.35. The second kappa shape index (κ2) is 7.42. The Kier molecular flexibility index (Phi) is 4.29. The first kappa shape index (κ1) is 17.9. The standard InChI is InChI=1S/C27H18N2OS/c1-2-6-25-24(5-1)29-27(30-25)19-9-13-23(14-10-19)28-22-11-7-18(8-12-22)21-16-20-4-3-15-31-26(20)17-21/h1-17,28H. The van der Waals surface area contributed by atoms with Gasteiger partial charge in [0.15, 0.2) is 5.58 Å². The van der Waals surface area contributed by atoms with Crippen molar-refractivity contribution in [1.29, 1.82) is 0 Å². The third-order valence-electron chi connectivity index (χ3n) is 5.36. The lowest BCUT2D eigenvalue weighted by Crippen LogP contribution is -1.90. The molecule has 0 bridgehead atoms. The van der Waals surface area contributed by atoms with E-state index < -0.39 is 0 Å². The van der Waals surface area contributed by atoms with E-state index in [1.807, 2.05) is 48.5 Å². The summed E-state index contributed by atoms with van der Waals surface area (Å²) in [4.78, 5) is 5.88. The monoisotopic (exact) mass is 418 g/mol. The lowest BCUT2D eigenvalue weighted by molar-refractivity contribution is 0.620. The van der Waals surface area contributed by atoms with Crippen LogP contribution in [0.4, 0.5) is 11.4 Å². The zero-order valence-electron chi connectivity index (χ0n) is 16.6.